The van der Waals surface area contributed by atoms with Gasteiger partial charge in [0.25, 0.3) is 0 Å². The SMILES string of the molecule is COC(=O)c1cc(-c2ccc(-n3ccnc3)cc2)cs1. The van der Waals surface area contributed by atoms with Gasteiger partial charge in [-0.15, -0.1) is 11.3 Å². The van der Waals surface area contributed by atoms with Crippen LogP contribution in [0.5, 0.6) is 0 Å². The number of esters is 1. The maximum atomic E-state index is 11.4. The zero-order valence-electron chi connectivity index (χ0n) is 10.8. The van der Waals surface area contributed by atoms with Crippen molar-refractivity contribution in [2.45, 2.75) is 0 Å². The molecule has 0 unspecified atom stereocenters. The molecule has 20 heavy (non-hydrogen) atoms. The highest BCUT2D eigenvalue weighted by Gasteiger charge is 2.10. The van der Waals surface area contributed by atoms with Crippen molar-refractivity contribution in [2.75, 3.05) is 7.11 Å². The van der Waals surface area contributed by atoms with Crippen LogP contribution in [0.3, 0.4) is 0 Å². The molecule has 0 saturated heterocycles. The maximum absolute atomic E-state index is 11.4. The quantitative estimate of drug-likeness (QED) is 0.692. The Morgan fingerprint density at radius 1 is 1.25 bits per heavy atom. The highest BCUT2D eigenvalue weighted by molar-refractivity contribution is 7.12. The molecule has 0 spiro atoms. The molecule has 0 radical (unpaired) electrons. The Balaban J connectivity index is 1.88. The molecule has 0 saturated carbocycles. The second-order valence-electron chi connectivity index (χ2n) is 4.21. The van der Waals surface area contributed by atoms with E-state index in [1.165, 1.54) is 18.4 Å². The van der Waals surface area contributed by atoms with Crippen molar-refractivity contribution in [3.63, 3.8) is 0 Å². The largest absolute Gasteiger partial charge is 0.465 e. The Kier molecular flexibility index (Phi) is 3.35. The van der Waals surface area contributed by atoms with E-state index < -0.39 is 0 Å². The Morgan fingerprint density at radius 3 is 2.70 bits per heavy atom. The number of imidazole rings is 1. The lowest BCUT2D eigenvalue weighted by atomic mass is 10.1. The van der Waals surface area contributed by atoms with Crippen LogP contribution in [0, 0.1) is 0 Å². The second kappa shape index (κ2) is 5.30. The summed E-state index contributed by atoms with van der Waals surface area (Å²) in [6.07, 6.45) is 5.40. The van der Waals surface area contributed by atoms with Crippen LogP contribution in [0.4, 0.5) is 0 Å². The first-order valence-electron chi connectivity index (χ1n) is 6.03. The summed E-state index contributed by atoms with van der Waals surface area (Å²) in [6, 6.07) is 9.94. The lowest BCUT2D eigenvalue weighted by Crippen LogP contribution is -1.96. The van der Waals surface area contributed by atoms with E-state index in [-0.39, 0.29) is 5.97 Å². The number of hydrogen-bond acceptors (Lipinski definition) is 4. The van der Waals surface area contributed by atoms with Crippen molar-refractivity contribution < 1.29 is 9.53 Å². The molecule has 0 atom stereocenters. The van der Waals surface area contributed by atoms with E-state index in [0.717, 1.165) is 16.8 Å². The summed E-state index contributed by atoms with van der Waals surface area (Å²) in [4.78, 5) is 16.1. The summed E-state index contributed by atoms with van der Waals surface area (Å²) in [5, 5.41) is 1.96. The number of carbonyl (C=O) groups is 1. The zero-order valence-corrected chi connectivity index (χ0v) is 11.6. The molecule has 2 aromatic heterocycles. The van der Waals surface area contributed by atoms with E-state index in [2.05, 4.69) is 4.98 Å². The predicted octanol–water partition coefficient (Wildman–Crippen LogP) is 3.39. The third-order valence-corrected chi connectivity index (χ3v) is 3.90. The number of thiophene rings is 1. The monoisotopic (exact) mass is 284 g/mol. The summed E-state index contributed by atoms with van der Waals surface area (Å²) in [5.41, 5.74) is 3.14. The second-order valence-corrected chi connectivity index (χ2v) is 5.12. The fourth-order valence-corrected chi connectivity index (χ4v) is 2.77. The zero-order chi connectivity index (χ0) is 13.9. The molecular weight excluding hydrogens is 272 g/mol. The van der Waals surface area contributed by atoms with Gasteiger partial charge in [0.15, 0.2) is 0 Å². The molecule has 0 aliphatic heterocycles. The van der Waals surface area contributed by atoms with Crippen molar-refractivity contribution in [3.8, 4) is 16.8 Å². The molecule has 0 N–H and O–H groups in total. The van der Waals surface area contributed by atoms with Crippen molar-refractivity contribution in [1.29, 1.82) is 0 Å². The topological polar surface area (TPSA) is 44.1 Å². The first-order chi connectivity index (χ1) is 9.78. The standard InChI is InChI=1S/C15H12N2O2S/c1-19-15(18)14-8-12(9-20-14)11-2-4-13(5-3-11)17-7-6-16-10-17/h2-10H,1H3. The maximum Gasteiger partial charge on any atom is 0.348 e. The Labute approximate surface area is 120 Å². The van der Waals surface area contributed by atoms with Crippen LogP contribution in [-0.2, 0) is 4.74 Å². The van der Waals surface area contributed by atoms with Crippen molar-refractivity contribution in [1.82, 2.24) is 9.55 Å². The molecule has 1 aromatic carbocycles. The highest BCUT2D eigenvalue weighted by Crippen LogP contribution is 2.26. The number of aromatic nitrogens is 2. The van der Waals surface area contributed by atoms with Gasteiger partial charge < -0.3 is 9.30 Å². The van der Waals surface area contributed by atoms with E-state index in [9.17, 15) is 4.79 Å². The van der Waals surface area contributed by atoms with Gasteiger partial charge in [0, 0.05) is 18.1 Å². The minimum atomic E-state index is -0.295. The van der Waals surface area contributed by atoms with Crippen LogP contribution in [0.2, 0.25) is 0 Å². The smallest absolute Gasteiger partial charge is 0.348 e. The molecule has 2 heterocycles. The number of carbonyl (C=O) groups excluding carboxylic acids is 1. The van der Waals surface area contributed by atoms with Crippen molar-refractivity contribution in [2.24, 2.45) is 0 Å². The number of benzene rings is 1. The molecule has 100 valence electrons. The molecule has 0 bridgehead atoms. The Bertz CT molecular complexity index is 715. The van der Waals surface area contributed by atoms with E-state index in [1.807, 2.05) is 46.5 Å². The summed E-state index contributed by atoms with van der Waals surface area (Å²) in [5.74, 6) is -0.295. The van der Waals surface area contributed by atoms with E-state index in [0.29, 0.717) is 4.88 Å². The molecule has 0 amide bonds. The first kappa shape index (κ1) is 12.6. The lowest BCUT2D eigenvalue weighted by molar-refractivity contribution is 0.0606. The van der Waals surface area contributed by atoms with Gasteiger partial charge in [-0.05, 0) is 34.7 Å². The summed E-state index contributed by atoms with van der Waals surface area (Å²) in [7, 11) is 1.39. The van der Waals surface area contributed by atoms with Crippen LogP contribution >= 0.6 is 11.3 Å². The van der Waals surface area contributed by atoms with Gasteiger partial charge in [-0.1, -0.05) is 12.1 Å². The number of ether oxygens (including phenoxy) is 1. The van der Waals surface area contributed by atoms with Gasteiger partial charge in [-0.3, -0.25) is 0 Å². The molecule has 0 fully saturated rings. The van der Waals surface area contributed by atoms with Gasteiger partial charge in [0.05, 0.1) is 13.4 Å². The average molecular weight is 284 g/mol. The number of hydrogen-bond donors (Lipinski definition) is 0. The molecule has 3 rings (SSSR count). The summed E-state index contributed by atoms with van der Waals surface area (Å²) in [6.45, 7) is 0. The highest BCUT2D eigenvalue weighted by atomic mass is 32.1. The third kappa shape index (κ3) is 2.35. The average Bonchev–Trinajstić information content (AvgIpc) is 3.18. The molecule has 3 aromatic rings. The summed E-state index contributed by atoms with van der Waals surface area (Å²) < 4.78 is 6.66. The van der Waals surface area contributed by atoms with Gasteiger partial charge >= 0.3 is 5.97 Å². The van der Waals surface area contributed by atoms with Crippen molar-refractivity contribution in [3.05, 3.63) is 59.3 Å². The van der Waals surface area contributed by atoms with Crippen LogP contribution in [0.25, 0.3) is 16.8 Å². The fourth-order valence-electron chi connectivity index (χ4n) is 1.93. The van der Waals surface area contributed by atoms with Crippen LogP contribution in [-0.4, -0.2) is 22.6 Å². The van der Waals surface area contributed by atoms with Gasteiger partial charge in [0.2, 0.25) is 0 Å². The van der Waals surface area contributed by atoms with Gasteiger partial charge in [0.1, 0.15) is 4.88 Å². The van der Waals surface area contributed by atoms with Gasteiger partial charge in [-0.2, -0.15) is 0 Å². The predicted molar refractivity (Wildman–Crippen MR) is 78.2 cm³/mol. The van der Waals surface area contributed by atoms with Gasteiger partial charge in [-0.25, -0.2) is 9.78 Å². The lowest BCUT2D eigenvalue weighted by Gasteiger charge is -2.03. The molecule has 5 heteroatoms. The van der Waals surface area contributed by atoms with Crippen molar-refractivity contribution >= 4 is 17.3 Å². The third-order valence-electron chi connectivity index (χ3n) is 2.99. The minimum Gasteiger partial charge on any atom is -0.465 e. The molecule has 0 aliphatic rings. The van der Waals surface area contributed by atoms with E-state index in [1.54, 1.807) is 12.5 Å². The normalized spacial score (nSPS) is 10.4. The number of methoxy groups -OCH3 is 1. The number of rotatable bonds is 3. The van der Waals surface area contributed by atoms with E-state index >= 15 is 0 Å². The first-order valence-corrected chi connectivity index (χ1v) is 6.91. The van der Waals surface area contributed by atoms with E-state index in [4.69, 9.17) is 4.74 Å². The van der Waals surface area contributed by atoms with Crippen LogP contribution < -0.4 is 0 Å². The molecule has 0 aliphatic carbocycles. The molecule has 4 nitrogen and oxygen atoms in total. The number of nitrogens with zero attached hydrogens (tertiary/aromatic N) is 2. The van der Waals surface area contributed by atoms with Crippen LogP contribution in [0.1, 0.15) is 9.67 Å². The minimum absolute atomic E-state index is 0.295. The fraction of sp³-hybridized carbons (Fsp3) is 0.0667. The van der Waals surface area contributed by atoms with Crippen LogP contribution in [0.15, 0.2) is 54.4 Å². The Hall–Kier alpha value is -2.40. The molecular formula is C15H12N2O2S. The Morgan fingerprint density at radius 2 is 2.05 bits per heavy atom. The summed E-state index contributed by atoms with van der Waals surface area (Å²) >= 11 is 1.39.